The summed E-state index contributed by atoms with van der Waals surface area (Å²) in [5, 5.41) is 12.2. The minimum Gasteiger partial charge on any atom is -0.478 e. The van der Waals surface area contributed by atoms with E-state index in [4.69, 9.17) is 5.11 Å². The summed E-state index contributed by atoms with van der Waals surface area (Å²) in [7, 11) is 0. The van der Waals surface area contributed by atoms with E-state index in [2.05, 4.69) is 19.2 Å². The first kappa shape index (κ1) is 13.6. The van der Waals surface area contributed by atoms with Crippen molar-refractivity contribution < 1.29 is 9.90 Å². The van der Waals surface area contributed by atoms with Crippen LogP contribution in [0.15, 0.2) is 24.3 Å². The Labute approximate surface area is 103 Å². The number of benzene rings is 1. The molecule has 0 aliphatic rings. The largest absolute Gasteiger partial charge is 0.478 e. The first-order valence-electron chi connectivity index (χ1n) is 6.23. The van der Waals surface area contributed by atoms with Crippen LogP contribution in [-0.4, -0.2) is 17.1 Å². The summed E-state index contributed by atoms with van der Waals surface area (Å²) in [5.74, 6) is -0.882. The quantitative estimate of drug-likeness (QED) is 0.707. The van der Waals surface area contributed by atoms with E-state index < -0.39 is 5.97 Å². The summed E-state index contributed by atoms with van der Waals surface area (Å²) < 4.78 is 0. The predicted molar refractivity (Wildman–Crippen MR) is 70.6 cm³/mol. The minimum absolute atomic E-state index is 0.329. The van der Waals surface area contributed by atoms with Crippen molar-refractivity contribution in [2.45, 2.75) is 45.6 Å². The molecule has 0 saturated carbocycles. The van der Waals surface area contributed by atoms with Gasteiger partial charge in [0.25, 0.3) is 0 Å². The molecule has 0 aromatic heterocycles. The summed E-state index contributed by atoms with van der Waals surface area (Å²) in [5.41, 5.74) is 1.21. The average molecular weight is 235 g/mol. The zero-order valence-corrected chi connectivity index (χ0v) is 10.6. The molecule has 0 radical (unpaired) electrons. The lowest BCUT2D eigenvalue weighted by molar-refractivity contribution is 0.0697. The summed E-state index contributed by atoms with van der Waals surface area (Å²) in [6, 6.07) is 7.34. The topological polar surface area (TPSA) is 49.3 Å². The van der Waals surface area contributed by atoms with E-state index in [1.165, 1.54) is 19.3 Å². The molecule has 94 valence electrons. The van der Waals surface area contributed by atoms with E-state index >= 15 is 0 Å². The van der Waals surface area contributed by atoms with Gasteiger partial charge in [-0.15, -0.1) is 0 Å². The molecular weight excluding hydrogens is 214 g/mol. The van der Waals surface area contributed by atoms with Crippen LogP contribution in [-0.2, 0) is 0 Å². The Kier molecular flexibility index (Phi) is 5.53. The highest BCUT2D eigenvalue weighted by molar-refractivity contribution is 5.88. The second-order valence-corrected chi connectivity index (χ2v) is 4.43. The van der Waals surface area contributed by atoms with Gasteiger partial charge in [0.15, 0.2) is 0 Å². The lowest BCUT2D eigenvalue weighted by Gasteiger charge is -2.15. The number of unbranched alkanes of at least 4 members (excludes halogenated alkanes) is 2. The van der Waals surface area contributed by atoms with E-state index in [0.29, 0.717) is 11.6 Å². The molecule has 0 heterocycles. The van der Waals surface area contributed by atoms with Gasteiger partial charge < -0.3 is 10.4 Å². The molecular formula is C14H21NO2. The average Bonchev–Trinajstić information content (AvgIpc) is 2.29. The van der Waals surface area contributed by atoms with Gasteiger partial charge >= 0.3 is 5.97 Å². The monoisotopic (exact) mass is 235 g/mol. The number of hydrogen-bond acceptors (Lipinski definition) is 2. The maximum Gasteiger partial charge on any atom is 0.335 e. The standard InChI is InChI=1S/C14H21NO2/c1-3-4-5-7-11(2)15-13-9-6-8-12(10-13)14(16)17/h6,8-11,15H,3-5,7H2,1-2H3,(H,16,17). The maximum absolute atomic E-state index is 10.8. The third-order valence-electron chi connectivity index (χ3n) is 2.76. The third-order valence-corrected chi connectivity index (χ3v) is 2.76. The molecule has 17 heavy (non-hydrogen) atoms. The normalized spacial score (nSPS) is 12.1. The van der Waals surface area contributed by atoms with Gasteiger partial charge in [-0.2, -0.15) is 0 Å². The lowest BCUT2D eigenvalue weighted by Crippen LogP contribution is -2.15. The molecule has 0 aliphatic heterocycles. The van der Waals surface area contributed by atoms with Gasteiger partial charge in [0.05, 0.1) is 5.56 Å². The molecule has 1 aromatic rings. The van der Waals surface area contributed by atoms with Crippen molar-refractivity contribution >= 4 is 11.7 Å². The molecule has 1 unspecified atom stereocenters. The Morgan fingerprint density at radius 1 is 1.41 bits per heavy atom. The van der Waals surface area contributed by atoms with Gasteiger partial charge in [0.2, 0.25) is 0 Å². The van der Waals surface area contributed by atoms with Crippen molar-refractivity contribution in [1.29, 1.82) is 0 Å². The fraction of sp³-hybridized carbons (Fsp3) is 0.500. The molecule has 0 bridgehead atoms. The number of rotatable bonds is 7. The molecule has 0 saturated heterocycles. The molecule has 2 N–H and O–H groups in total. The minimum atomic E-state index is -0.882. The predicted octanol–water partition coefficient (Wildman–Crippen LogP) is 3.77. The Morgan fingerprint density at radius 2 is 2.18 bits per heavy atom. The molecule has 1 aromatic carbocycles. The van der Waals surface area contributed by atoms with Gasteiger partial charge in [-0.25, -0.2) is 4.79 Å². The fourth-order valence-corrected chi connectivity index (χ4v) is 1.80. The van der Waals surface area contributed by atoms with Crippen LogP contribution in [0.25, 0.3) is 0 Å². The number of carbonyl (C=O) groups is 1. The fourth-order valence-electron chi connectivity index (χ4n) is 1.80. The van der Waals surface area contributed by atoms with Crippen LogP contribution in [0.2, 0.25) is 0 Å². The molecule has 1 atom stereocenters. The SMILES string of the molecule is CCCCCC(C)Nc1cccc(C(=O)O)c1. The van der Waals surface area contributed by atoms with Gasteiger partial charge in [-0.05, 0) is 31.5 Å². The van der Waals surface area contributed by atoms with Crippen LogP contribution >= 0.6 is 0 Å². The molecule has 0 fully saturated rings. The third kappa shape index (κ3) is 4.89. The zero-order chi connectivity index (χ0) is 12.7. The highest BCUT2D eigenvalue weighted by Crippen LogP contribution is 2.14. The van der Waals surface area contributed by atoms with Crippen molar-refractivity contribution in [1.82, 2.24) is 0 Å². The molecule has 3 nitrogen and oxygen atoms in total. The van der Waals surface area contributed by atoms with Crippen molar-refractivity contribution in [3.63, 3.8) is 0 Å². The molecule has 3 heteroatoms. The van der Waals surface area contributed by atoms with Crippen LogP contribution in [0.5, 0.6) is 0 Å². The number of hydrogen-bond donors (Lipinski definition) is 2. The highest BCUT2D eigenvalue weighted by atomic mass is 16.4. The van der Waals surface area contributed by atoms with Crippen LogP contribution in [0.4, 0.5) is 5.69 Å². The highest BCUT2D eigenvalue weighted by Gasteiger charge is 2.05. The van der Waals surface area contributed by atoms with E-state index in [1.54, 1.807) is 18.2 Å². The summed E-state index contributed by atoms with van der Waals surface area (Å²) >= 11 is 0. The number of aromatic carboxylic acids is 1. The summed E-state index contributed by atoms with van der Waals surface area (Å²) in [6.45, 7) is 4.32. The van der Waals surface area contributed by atoms with Crippen molar-refractivity contribution in [3.05, 3.63) is 29.8 Å². The maximum atomic E-state index is 10.8. The Hall–Kier alpha value is -1.51. The number of anilines is 1. The Morgan fingerprint density at radius 3 is 2.82 bits per heavy atom. The van der Waals surface area contributed by atoms with E-state index in [0.717, 1.165) is 12.1 Å². The number of carboxylic acids is 1. The van der Waals surface area contributed by atoms with Crippen LogP contribution in [0.3, 0.4) is 0 Å². The van der Waals surface area contributed by atoms with Crippen LogP contribution in [0.1, 0.15) is 49.9 Å². The molecule has 0 amide bonds. The van der Waals surface area contributed by atoms with Crippen molar-refractivity contribution in [2.75, 3.05) is 5.32 Å². The second-order valence-electron chi connectivity index (χ2n) is 4.43. The van der Waals surface area contributed by atoms with E-state index in [9.17, 15) is 4.79 Å². The number of carboxylic acid groups (broad SMARTS) is 1. The van der Waals surface area contributed by atoms with Gasteiger partial charge in [0.1, 0.15) is 0 Å². The first-order valence-corrected chi connectivity index (χ1v) is 6.23. The molecule has 0 aliphatic carbocycles. The van der Waals surface area contributed by atoms with Crippen LogP contribution in [0, 0.1) is 0 Å². The number of nitrogens with one attached hydrogen (secondary N) is 1. The van der Waals surface area contributed by atoms with Crippen molar-refractivity contribution in [2.24, 2.45) is 0 Å². The van der Waals surface area contributed by atoms with Gasteiger partial charge in [-0.3, -0.25) is 0 Å². The zero-order valence-electron chi connectivity index (χ0n) is 10.6. The summed E-state index contributed by atoms with van der Waals surface area (Å²) in [6.07, 6.45) is 4.80. The first-order chi connectivity index (χ1) is 8.13. The van der Waals surface area contributed by atoms with Crippen LogP contribution < -0.4 is 5.32 Å². The second kappa shape index (κ2) is 6.94. The molecule has 1 rings (SSSR count). The smallest absolute Gasteiger partial charge is 0.335 e. The van der Waals surface area contributed by atoms with Crippen molar-refractivity contribution in [3.8, 4) is 0 Å². The molecule has 0 spiro atoms. The Balaban J connectivity index is 2.50. The summed E-state index contributed by atoms with van der Waals surface area (Å²) in [4.78, 5) is 10.8. The Bertz CT molecular complexity index is 363. The lowest BCUT2D eigenvalue weighted by atomic mass is 10.1. The van der Waals surface area contributed by atoms with Gasteiger partial charge in [-0.1, -0.05) is 32.3 Å². The van der Waals surface area contributed by atoms with Gasteiger partial charge in [0, 0.05) is 11.7 Å². The van der Waals surface area contributed by atoms with E-state index in [1.807, 2.05) is 6.07 Å². The van der Waals surface area contributed by atoms with E-state index in [-0.39, 0.29) is 0 Å².